The lowest BCUT2D eigenvalue weighted by Crippen LogP contribution is -2.42. The number of rotatable bonds is 5. The Kier molecular flexibility index (Phi) is 5.06. The van der Waals surface area contributed by atoms with Crippen molar-refractivity contribution in [2.75, 3.05) is 31.2 Å². The fourth-order valence-electron chi connectivity index (χ4n) is 3.96. The molecule has 140 valence electrons. The van der Waals surface area contributed by atoms with Crippen molar-refractivity contribution in [3.63, 3.8) is 0 Å². The molecule has 2 aliphatic heterocycles. The minimum atomic E-state index is -0.227. The number of ether oxygens (including phenoxy) is 1. The van der Waals surface area contributed by atoms with Gasteiger partial charge in [-0.3, -0.25) is 9.59 Å². The Morgan fingerprint density at radius 3 is 2.81 bits per heavy atom. The monoisotopic (exact) mass is 420 g/mol. The summed E-state index contributed by atoms with van der Waals surface area (Å²) in [5.41, 5.74) is 1.97. The summed E-state index contributed by atoms with van der Waals surface area (Å²) < 4.78 is 6.50. The predicted molar refractivity (Wildman–Crippen MR) is 103 cm³/mol. The first-order chi connectivity index (χ1) is 12.5. The number of carbonyl (C=O) groups excluding carboxylic acids is 2. The molecular formula is C20H25BrN2O3. The van der Waals surface area contributed by atoms with Crippen molar-refractivity contribution in [2.45, 2.75) is 38.6 Å². The Labute approximate surface area is 162 Å². The van der Waals surface area contributed by atoms with Gasteiger partial charge in [-0.1, -0.05) is 15.9 Å². The van der Waals surface area contributed by atoms with Crippen molar-refractivity contribution < 1.29 is 14.3 Å². The van der Waals surface area contributed by atoms with Gasteiger partial charge in [0.2, 0.25) is 11.8 Å². The first-order valence-corrected chi connectivity index (χ1v) is 10.3. The molecule has 2 heterocycles. The van der Waals surface area contributed by atoms with Crippen LogP contribution in [0.15, 0.2) is 22.7 Å². The summed E-state index contributed by atoms with van der Waals surface area (Å²) in [7, 11) is 0. The van der Waals surface area contributed by atoms with Crippen molar-refractivity contribution in [1.82, 2.24) is 4.90 Å². The Bertz CT molecular complexity index is 713. The lowest BCUT2D eigenvalue weighted by molar-refractivity contribution is -0.137. The highest BCUT2D eigenvalue weighted by Crippen LogP contribution is 2.34. The van der Waals surface area contributed by atoms with E-state index in [4.69, 9.17) is 4.74 Å². The van der Waals surface area contributed by atoms with Crippen LogP contribution in [0.25, 0.3) is 0 Å². The van der Waals surface area contributed by atoms with Crippen LogP contribution in [0.4, 0.5) is 5.69 Å². The van der Waals surface area contributed by atoms with Crippen LogP contribution in [0.2, 0.25) is 0 Å². The molecule has 5 nitrogen and oxygen atoms in total. The molecule has 2 atom stereocenters. The molecule has 2 saturated heterocycles. The summed E-state index contributed by atoms with van der Waals surface area (Å²) in [5.74, 6) is 0.422. The van der Waals surface area contributed by atoms with E-state index in [1.807, 2.05) is 30.0 Å². The molecule has 4 rings (SSSR count). The van der Waals surface area contributed by atoms with E-state index < -0.39 is 0 Å². The van der Waals surface area contributed by atoms with E-state index in [1.165, 1.54) is 0 Å². The minimum Gasteiger partial charge on any atom is -0.381 e. The molecule has 0 N–H and O–H groups in total. The van der Waals surface area contributed by atoms with Gasteiger partial charge < -0.3 is 14.5 Å². The zero-order valence-corrected chi connectivity index (χ0v) is 16.7. The SMILES string of the molecule is Cc1cc(N2C[C@@H](C(=O)N(C[C@H]3CCOC3)C3CC3)CC2=O)ccc1Br. The van der Waals surface area contributed by atoms with E-state index in [9.17, 15) is 9.59 Å². The topological polar surface area (TPSA) is 49.9 Å². The first-order valence-electron chi connectivity index (χ1n) is 9.47. The van der Waals surface area contributed by atoms with Crippen molar-refractivity contribution in [2.24, 2.45) is 11.8 Å². The molecular weight excluding hydrogens is 396 g/mol. The van der Waals surface area contributed by atoms with Crippen molar-refractivity contribution in [1.29, 1.82) is 0 Å². The highest BCUT2D eigenvalue weighted by Gasteiger charge is 2.42. The van der Waals surface area contributed by atoms with E-state index >= 15 is 0 Å². The van der Waals surface area contributed by atoms with Crippen LogP contribution in [0.1, 0.15) is 31.2 Å². The Balaban J connectivity index is 1.46. The van der Waals surface area contributed by atoms with E-state index in [2.05, 4.69) is 15.9 Å². The summed E-state index contributed by atoms with van der Waals surface area (Å²) in [4.78, 5) is 29.5. The molecule has 1 saturated carbocycles. The van der Waals surface area contributed by atoms with Gasteiger partial charge in [-0.2, -0.15) is 0 Å². The van der Waals surface area contributed by atoms with Gasteiger partial charge in [-0.05, 0) is 49.9 Å². The van der Waals surface area contributed by atoms with Gasteiger partial charge >= 0.3 is 0 Å². The van der Waals surface area contributed by atoms with Gasteiger partial charge in [-0.25, -0.2) is 0 Å². The summed E-state index contributed by atoms with van der Waals surface area (Å²) in [6.45, 7) is 4.84. The third kappa shape index (κ3) is 3.67. The lowest BCUT2D eigenvalue weighted by Gasteiger charge is -2.28. The largest absolute Gasteiger partial charge is 0.381 e. The second-order valence-corrected chi connectivity index (χ2v) is 8.64. The van der Waals surface area contributed by atoms with E-state index in [0.717, 1.165) is 54.7 Å². The fraction of sp³-hybridized carbons (Fsp3) is 0.600. The first kappa shape index (κ1) is 18.0. The maximum absolute atomic E-state index is 13.2. The quantitative estimate of drug-likeness (QED) is 0.734. The normalized spacial score (nSPS) is 25.8. The summed E-state index contributed by atoms with van der Waals surface area (Å²) in [5, 5.41) is 0. The predicted octanol–water partition coefficient (Wildman–Crippen LogP) is 3.14. The van der Waals surface area contributed by atoms with Crippen LogP contribution < -0.4 is 4.90 Å². The number of anilines is 1. The van der Waals surface area contributed by atoms with Crippen LogP contribution in [0.3, 0.4) is 0 Å². The number of halogens is 1. The van der Waals surface area contributed by atoms with Crippen LogP contribution >= 0.6 is 15.9 Å². The molecule has 0 unspecified atom stereocenters. The smallest absolute Gasteiger partial charge is 0.228 e. The molecule has 6 heteroatoms. The number of hydrogen-bond donors (Lipinski definition) is 0. The number of hydrogen-bond acceptors (Lipinski definition) is 3. The van der Waals surface area contributed by atoms with Crippen molar-refractivity contribution in [3.05, 3.63) is 28.2 Å². The third-order valence-corrected chi connectivity index (χ3v) is 6.57. The van der Waals surface area contributed by atoms with Crippen molar-refractivity contribution in [3.8, 4) is 0 Å². The molecule has 0 aromatic heterocycles. The third-order valence-electron chi connectivity index (χ3n) is 5.68. The van der Waals surface area contributed by atoms with E-state index in [-0.39, 0.29) is 17.7 Å². The van der Waals surface area contributed by atoms with Crippen LogP contribution in [-0.2, 0) is 14.3 Å². The van der Waals surface area contributed by atoms with Gasteiger partial charge in [0.15, 0.2) is 0 Å². The maximum Gasteiger partial charge on any atom is 0.228 e. The molecule has 0 spiro atoms. The summed E-state index contributed by atoms with van der Waals surface area (Å²) in [6.07, 6.45) is 3.54. The average Bonchev–Trinajstić information content (AvgIpc) is 3.19. The van der Waals surface area contributed by atoms with Crippen LogP contribution in [-0.4, -0.2) is 49.1 Å². The number of benzene rings is 1. The fourth-order valence-corrected chi connectivity index (χ4v) is 4.21. The second kappa shape index (κ2) is 7.31. The summed E-state index contributed by atoms with van der Waals surface area (Å²) >= 11 is 3.50. The van der Waals surface area contributed by atoms with Gasteiger partial charge in [0.1, 0.15) is 0 Å². The maximum atomic E-state index is 13.2. The number of carbonyl (C=O) groups is 2. The van der Waals surface area contributed by atoms with Crippen LogP contribution in [0, 0.1) is 18.8 Å². The zero-order valence-electron chi connectivity index (χ0n) is 15.1. The van der Waals surface area contributed by atoms with E-state index in [1.54, 1.807) is 4.90 Å². The second-order valence-electron chi connectivity index (χ2n) is 7.79. The van der Waals surface area contributed by atoms with Gasteiger partial charge in [0.25, 0.3) is 0 Å². The Hall–Kier alpha value is -1.40. The van der Waals surface area contributed by atoms with Gasteiger partial charge in [-0.15, -0.1) is 0 Å². The minimum absolute atomic E-state index is 0.0463. The molecule has 1 aromatic carbocycles. The molecule has 2 amide bonds. The van der Waals surface area contributed by atoms with Gasteiger partial charge in [0, 0.05) is 48.2 Å². The standard InChI is InChI=1S/C20H25BrN2O3/c1-13-8-17(4-5-18(13)21)22-11-15(9-19(22)24)20(25)23(16-2-3-16)10-14-6-7-26-12-14/h4-5,8,14-16H,2-3,6-7,9-12H2,1H3/t14-,15+/m1/s1. The molecule has 1 aliphatic carbocycles. The Morgan fingerprint density at radius 2 is 2.15 bits per heavy atom. The zero-order chi connectivity index (χ0) is 18.3. The average molecular weight is 421 g/mol. The highest BCUT2D eigenvalue weighted by molar-refractivity contribution is 9.10. The lowest BCUT2D eigenvalue weighted by atomic mass is 10.0. The highest BCUT2D eigenvalue weighted by atomic mass is 79.9. The molecule has 0 bridgehead atoms. The molecule has 3 aliphatic rings. The number of amides is 2. The van der Waals surface area contributed by atoms with Crippen molar-refractivity contribution >= 4 is 33.4 Å². The van der Waals surface area contributed by atoms with Crippen LogP contribution in [0.5, 0.6) is 0 Å². The van der Waals surface area contributed by atoms with E-state index in [0.29, 0.717) is 24.9 Å². The molecule has 1 aromatic rings. The number of nitrogens with zero attached hydrogens (tertiary/aromatic N) is 2. The molecule has 0 radical (unpaired) electrons. The molecule has 26 heavy (non-hydrogen) atoms. The summed E-state index contributed by atoms with van der Waals surface area (Å²) in [6, 6.07) is 6.28. The number of aryl methyl sites for hydroxylation is 1. The molecule has 3 fully saturated rings. The Morgan fingerprint density at radius 1 is 1.35 bits per heavy atom. The van der Waals surface area contributed by atoms with Gasteiger partial charge in [0.05, 0.1) is 12.5 Å².